The zero-order chi connectivity index (χ0) is 27.4. The van der Waals surface area contributed by atoms with E-state index in [-0.39, 0.29) is 17.0 Å². The Labute approximate surface area is 222 Å². The van der Waals surface area contributed by atoms with Crippen LogP contribution in [0.5, 0.6) is 11.5 Å². The van der Waals surface area contributed by atoms with Crippen LogP contribution in [0.25, 0.3) is 0 Å². The molecule has 3 aromatic carbocycles. The average Bonchev–Trinajstić information content (AvgIpc) is 2.93. The van der Waals surface area contributed by atoms with Crippen LogP contribution in [0.3, 0.4) is 0 Å². The molecule has 0 radical (unpaired) electrons. The Morgan fingerprint density at radius 2 is 1.76 bits per heavy atom. The standard InChI is InChI=1S/C25H28FN2O3PS.C2H5NO/c1-16(32-4)14-18-15-21(30-2)25(31-3)23(26)22(18)24(27)17-10-12-19(13-11-17)28-33(29)20-8-6-5-7-9-20;1-3-2-4/h5-13,15-16,27-28,32H,14H2,1-4H3;2H,1H3,(H,3,4). The summed E-state index contributed by atoms with van der Waals surface area (Å²) in [6.45, 7) is 4.21. The fourth-order valence-electron chi connectivity index (χ4n) is 3.42. The normalized spacial score (nSPS) is 12.2. The number of amides is 1. The van der Waals surface area contributed by atoms with Gasteiger partial charge < -0.3 is 19.5 Å². The maximum Gasteiger partial charge on any atom is 0.206 e. The predicted octanol–water partition coefficient (Wildman–Crippen LogP) is 5.00. The van der Waals surface area contributed by atoms with E-state index in [0.29, 0.717) is 54.5 Å². The van der Waals surface area contributed by atoms with Crippen LogP contribution in [-0.4, -0.2) is 49.9 Å². The van der Waals surface area contributed by atoms with E-state index in [1.165, 1.54) is 14.2 Å². The first-order chi connectivity index (χ1) is 17.8. The fourth-order valence-corrected chi connectivity index (χ4v) is 4.72. The van der Waals surface area contributed by atoms with Crippen molar-refractivity contribution in [3.05, 3.63) is 83.2 Å². The summed E-state index contributed by atoms with van der Waals surface area (Å²) >= 11 is 0. The van der Waals surface area contributed by atoms with Crippen LogP contribution in [0.2, 0.25) is 0 Å². The molecule has 0 aliphatic rings. The minimum absolute atomic E-state index is 0.0101. The molecule has 7 nitrogen and oxygen atoms in total. The van der Waals surface area contributed by atoms with E-state index in [1.54, 1.807) is 49.5 Å². The van der Waals surface area contributed by atoms with Crippen molar-refractivity contribution in [2.75, 3.05) is 32.7 Å². The van der Waals surface area contributed by atoms with Crippen LogP contribution in [0, 0.1) is 11.2 Å². The second kappa shape index (κ2) is 15.1. The topological polar surface area (TPSA) is 101 Å². The number of methoxy groups -OCH3 is 2. The number of hydrogen-bond donors (Lipinski definition) is 3. The van der Waals surface area contributed by atoms with Crippen LogP contribution in [-0.2, 0) is 22.2 Å². The zero-order valence-electron chi connectivity index (χ0n) is 21.6. The van der Waals surface area contributed by atoms with Crippen molar-refractivity contribution in [1.82, 2.24) is 5.32 Å². The quantitative estimate of drug-likeness (QED) is 0.179. The predicted molar refractivity (Wildman–Crippen MR) is 151 cm³/mol. The molecule has 3 N–H and O–H groups in total. The van der Waals surface area contributed by atoms with Crippen molar-refractivity contribution in [2.24, 2.45) is 0 Å². The van der Waals surface area contributed by atoms with E-state index in [2.05, 4.69) is 23.6 Å². The Morgan fingerprint density at radius 1 is 1.14 bits per heavy atom. The highest BCUT2D eigenvalue weighted by Crippen LogP contribution is 2.37. The van der Waals surface area contributed by atoms with E-state index in [0.717, 1.165) is 0 Å². The third kappa shape index (κ3) is 8.10. The Balaban J connectivity index is 0.00000112. The van der Waals surface area contributed by atoms with Gasteiger partial charge >= 0.3 is 0 Å². The molecule has 10 heteroatoms. The van der Waals surface area contributed by atoms with Gasteiger partial charge in [-0.25, -0.2) is 8.60 Å². The monoisotopic (exact) mass is 545 g/mol. The first-order valence-electron chi connectivity index (χ1n) is 11.5. The first-order valence-corrected chi connectivity index (χ1v) is 14.2. The SMILES string of the molecule is CNC=O.COc1cc(CC(C)PC)c(C(=N)c2ccc(NS(=O)c3ccccc3)cc2)c(F)c1OC. The number of carbonyl (C=O) groups is 1. The fraction of sp³-hybridized carbons (Fsp3) is 0.259. The van der Waals surface area contributed by atoms with Crippen molar-refractivity contribution in [3.63, 3.8) is 0 Å². The van der Waals surface area contributed by atoms with Crippen molar-refractivity contribution in [3.8, 4) is 11.5 Å². The molecule has 1 amide bonds. The highest BCUT2D eigenvalue weighted by molar-refractivity contribution is 7.86. The molecular weight excluding hydrogens is 512 g/mol. The molecule has 0 spiro atoms. The van der Waals surface area contributed by atoms with Gasteiger partial charge in [-0.15, -0.1) is 8.58 Å². The maximum absolute atomic E-state index is 15.5. The summed E-state index contributed by atoms with van der Waals surface area (Å²) in [6.07, 6.45) is 1.25. The Bertz CT molecular complexity index is 1210. The Hall–Kier alpha value is -3.29. The summed E-state index contributed by atoms with van der Waals surface area (Å²) in [5.74, 6) is -0.295. The number of rotatable bonds is 11. The number of halogens is 1. The van der Waals surface area contributed by atoms with E-state index in [9.17, 15) is 4.21 Å². The molecule has 0 aliphatic heterocycles. The lowest BCUT2D eigenvalue weighted by molar-refractivity contribution is -0.109. The van der Waals surface area contributed by atoms with Gasteiger partial charge in [0, 0.05) is 23.9 Å². The van der Waals surface area contributed by atoms with Crippen LogP contribution in [0.1, 0.15) is 23.6 Å². The third-order valence-corrected chi connectivity index (χ3v) is 7.73. The second-order valence-corrected chi connectivity index (χ2v) is 10.7. The van der Waals surface area contributed by atoms with E-state index in [4.69, 9.17) is 19.7 Å². The van der Waals surface area contributed by atoms with Crippen molar-refractivity contribution in [1.29, 1.82) is 5.41 Å². The van der Waals surface area contributed by atoms with Gasteiger partial charge in [0.1, 0.15) is 11.0 Å². The van der Waals surface area contributed by atoms with Crippen LogP contribution < -0.4 is 19.5 Å². The van der Waals surface area contributed by atoms with E-state index < -0.39 is 16.8 Å². The molecule has 0 bridgehead atoms. The molecule has 0 saturated carbocycles. The molecule has 0 fully saturated rings. The smallest absolute Gasteiger partial charge is 0.206 e. The van der Waals surface area contributed by atoms with Crippen molar-refractivity contribution in [2.45, 2.75) is 23.9 Å². The summed E-state index contributed by atoms with van der Waals surface area (Å²) in [4.78, 5) is 9.73. The summed E-state index contributed by atoms with van der Waals surface area (Å²) in [7, 11) is 3.71. The molecule has 3 unspecified atom stereocenters. The van der Waals surface area contributed by atoms with Crippen molar-refractivity contribution < 1.29 is 22.9 Å². The lowest BCUT2D eigenvalue weighted by Gasteiger charge is -2.19. The average molecular weight is 546 g/mol. The highest BCUT2D eigenvalue weighted by Gasteiger charge is 2.24. The van der Waals surface area contributed by atoms with Gasteiger partial charge in [-0.05, 0) is 54.6 Å². The largest absolute Gasteiger partial charge is 0.493 e. The molecule has 0 aromatic heterocycles. The van der Waals surface area contributed by atoms with Gasteiger partial charge in [-0.2, -0.15) is 0 Å². The number of hydrogen-bond acceptors (Lipinski definition) is 5. The number of carbonyl (C=O) groups excluding carboxylic acids is 1. The first kappa shape index (κ1) is 29.9. The van der Waals surface area contributed by atoms with Gasteiger partial charge in [0.15, 0.2) is 17.3 Å². The van der Waals surface area contributed by atoms with Gasteiger partial charge in [-0.1, -0.05) is 37.3 Å². The Kier molecular flexibility index (Phi) is 12.2. The summed E-state index contributed by atoms with van der Waals surface area (Å²) in [5, 5.41) is 11.0. The minimum atomic E-state index is -1.40. The number of anilines is 1. The zero-order valence-corrected chi connectivity index (χ0v) is 23.4. The minimum Gasteiger partial charge on any atom is -0.493 e. The van der Waals surface area contributed by atoms with Crippen LogP contribution >= 0.6 is 8.58 Å². The molecule has 198 valence electrons. The lowest BCUT2D eigenvalue weighted by atomic mass is 9.93. The lowest BCUT2D eigenvalue weighted by Crippen LogP contribution is -2.13. The number of ether oxygens (including phenoxy) is 2. The van der Waals surface area contributed by atoms with Gasteiger partial charge in [-0.3, -0.25) is 10.2 Å². The second-order valence-electron chi connectivity index (χ2n) is 7.90. The van der Waals surface area contributed by atoms with Crippen LogP contribution in [0.4, 0.5) is 10.1 Å². The molecule has 3 aromatic rings. The molecule has 37 heavy (non-hydrogen) atoms. The maximum atomic E-state index is 15.5. The van der Waals surface area contributed by atoms with Gasteiger partial charge in [0.25, 0.3) is 0 Å². The third-order valence-electron chi connectivity index (χ3n) is 5.42. The van der Waals surface area contributed by atoms with Crippen LogP contribution in [0.15, 0.2) is 65.6 Å². The summed E-state index contributed by atoms with van der Waals surface area (Å²) in [5.41, 5.74) is 2.52. The molecular formula is C27H33FN3O4PS. The molecule has 0 heterocycles. The summed E-state index contributed by atoms with van der Waals surface area (Å²) < 4.78 is 41.5. The molecule has 0 aliphatic carbocycles. The molecule has 3 rings (SSSR count). The van der Waals surface area contributed by atoms with Gasteiger partial charge in [0.2, 0.25) is 6.41 Å². The van der Waals surface area contributed by atoms with Gasteiger partial charge in [0.05, 0.1) is 24.8 Å². The van der Waals surface area contributed by atoms with E-state index >= 15 is 4.39 Å². The summed E-state index contributed by atoms with van der Waals surface area (Å²) in [6, 6.07) is 17.8. The Morgan fingerprint density at radius 3 is 2.27 bits per heavy atom. The highest BCUT2D eigenvalue weighted by atomic mass is 32.2. The molecule has 0 saturated heterocycles. The molecule has 3 atom stereocenters. The van der Waals surface area contributed by atoms with E-state index in [1.807, 2.05) is 18.2 Å². The number of benzene rings is 3. The number of nitrogens with one attached hydrogen (secondary N) is 3. The van der Waals surface area contributed by atoms with Crippen molar-refractivity contribution >= 4 is 37.4 Å².